The van der Waals surface area contributed by atoms with Gasteiger partial charge in [-0.05, 0) is 29.8 Å². The van der Waals surface area contributed by atoms with E-state index in [1.54, 1.807) is 23.3 Å². The second-order valence-electron chi connectivity index (χ2n) is 7.09. The van der Waals surface area contributed by atoms with Crippen LogP contribution in [-0.4, -0.2) is 70.8 Å². The quantitative estimate of drug-likeness (QED) is 0.453. The van der Waals surface area contributed by atoms with Crippen LogP contribution in [0.4, 0.5) is 0 Å². The number of ether oxygens (including phenoxy) is 1. The molecule has 1 saturated heterocycles. The molecule has 0 saturated carbocycles. The van der Waals surface area contributed by atoms with Gasteiger partial charge >= 0.3 is 0 Å². The summed E-state index contributed by atoms with van der Waals surface area (Å²) in [6.45, 7) is -0.335. The molecule has 0 bridgehead atoms. The van der Waals surface area contributed by atoms with Crippen LogP contribution >= 0.6 is 11.8 Å². The van der Waals surface area contributed by atoms with Gasteiger partial charge in [-0.25, -0.2) is 4.68 Å². The third kappa shape index (κ3) is 4.35. The predicted molar refractivity (Wildman–Crippen MR) is 112 cm³/mol. The Labute approximate surface area is 177 Å². The number of hydrogen-bond donors (Lipinski definition) is 4. The molecule has 158 valence electrons. The Kier molecular flexibility index (Phi) is 6.35. The fourth-order valence-electron chi connectivity index (χ4n) is 3.36. The van der Waals surface area contributed by atoms with E-state index in [2.05, 4.69) is 10.1 Å². The first-order valence-corrected chi connectivity index (χ1v) is 10.5. The van der Waals surface area contributed by atoms with Gasteiger partial charge in [0.15, 0.2) is 5.44 Å². The molecule has 4 N–H and O–H groups in total. The number of hydrogen-bond acceptors (Lipinski definition) is 8. The third-order valence-electron chi connectivity index (χ3n) is 5.06. The summed E-state index contributed by atoms with van der Waals surface area (Å²) in [6, 6.07) is 11.7. The van der Waals surface area contributed by atoms with Crippen molar-refractivity contribution in [3.05, 3.63) is 72.3 Å². The molecule has 0 unspecified atom stereocenters. The minimum atomic E-state index is -1.40. The highest BCUT2D eigenvalue weighted by atomic mass is 32.2. The molecule has 8 nitrogen and oxygen atoms in total. The van der Waals surface area contributed by atoms with Crippen molar-refractivity contribution >= 4 is 11.8 Å². The van der Waals surface area contributed by atoms with E-state index in [1.165, 1.54) is 0 Å². The molecule has 0 aliphatic carbocycles. The van der Waals surface area contributed by atoms with Gasteiger partial charge in [0.25, 0.3) is 0 Å². The molecule has 1 aliphatic heterocycles. The highest BCUT2D eigenvalue weighted by molar-refractivity contribution is 8.00. The van der Waals surface area contributed by atoms with Crippen LogP contribution in [0.2, 0.25) is 0 Å². The van der Waals surface area contributed by atoms with Gasteiger partial charge in [0.05, 0.1) is 29.8 Å². The van der Waals surface area contributed by atoms with E-state index >= 15 is 0 Å². The zero-order valence-corrected chi connectivity index (χ0v) is 16.8. The van der Waals surface area contributed by atoms with E-state index in [0.29, 0.717) is 12.2 Å². The van der Waals surface area contributed by atoms with Crippen molar-refractivity contribution in [1.29, 1.82) is 0 Å². The first kappa shape index (κ1) is 20.8. The van der Waals surface area contributed by atoms with Crippen molar-refractivity contribution < 1.29 is 25.2 Å². The molecular weight excluding hydrogens is 406 g/mol. The summed E-state index contributed by atoms with van der Waals surface area (Å²) in [7, 11) is 0. The molecular formula is C21H23N3O5S. The summed E-state index contributed by atoms with van der Waals surface area (Å²) in [5, 5.41) is 43.4. The van der Waals surface area contributed by atoms with E-state index in [9.17, 15) is 20.4 Å². The fraction of sp³-hybridized carbons (Fsp3) is 0.333. The van der Waals surface area contributed by atoms with Crippen LogP contribution < -0.4 is 4.74 Å². The first-order valence-electron chi connectivity index (χ1n) is 9.56. The Morgan fingerprint density at radius 2 is 1.80 bits per heavy atom. The number of benzene rings is 1. The minimum Gasteiger partial charge on any atom is -0.475 e. The number of thioether (sulfide) groups is 1. The second kappa shape index (κ2) is 9.15. The molecule has 1 fully saturated rings. The molecule has 30 heavy (non-hydrogen) atoms. The molecule has 5 atom stereocenters. The van der Waals surface area contributed by atoms with Crippen LogP contribution in [0.3, 0.4) is 0 Å². The first-order chi connectivity index (χ1) is 14.6. The monoisotopic (exact) mass is 429 g/mol. The maximum Gasteiger partial charge on any atom is 0.173 e. The Morgan fingerprint density at radius 3 is 2.50 bits per heavy atom. The van der Waals surface area contributed by atoms with Crippen molar-refractivity contribution in [2.45, 2.75) is 35.4 Å². The van der Waals surface area contributed by atoms with Gasteiger partial charge < -0.3 is 25.2 Å². The van der Waals surface area contributed by atoms with Crippen LogP contribution in [-0.2, 0) is 6.42 Å². The summed E-state index contributed by atoms with van der Waals surface area (Å²) in [5.41, 5.74) is 2.04. The van der Waals surface area contributed by atoms with Crippen molar-refractivity contribution in [3.8, 4) is 11.4 Å². The Bertz CT molecular complexity index is 952. The Balaban J connectivity index is 1.50. The molecule has 1 aromatic carbocycles. The molecule has 0 spiro atoms. The zero-order valence-electron chi connectivity index (χ0n) is 16.0. The molecule has 9 heteroatoms. The fourth-order valence-corrected chi connectivity index (χ4v) is 4.59. The van der Waals surface area contributed by atoms with E-state index in [-0.39, 0.29) is 6.61 Å². The van der Waals surface area contributed by atoms with Crippen LogP contribution in [0.25, 0.3) is 5.69 Å². The van der Waals surface area contributed by atoms with E-state index < -0.39 is 29.0 Å². The van der Waals surface area contributed by atoms with E-state index in [4.69, 9.17) is 4.74 Å². The summed E-state index contributed by atoms with van der Waals surface area (Å²) in [4.78, 5) is 4.11. The maximum atomic E-state index is 10.3. The summed E-state index contributed by atoms with van der Waals surface area (Å²) in [5.74, 6) is 0.477. The Morgan fingerprint density at radius 1 is 1.00 bits per heavy atom. The van der Waals surface area contributed by atoms with Crippen LogP contribution in [0, 0.1) is 0 Å². The van der Waals surface area contributed by atoms with Gasteiger partial charge in [-0.15, -0.1) is 11.8 Å². The SMILES string of the molecule is OC[C@H]1S[C@@H](Oc2cnccc2Cc2ccc(-n3cccn3)cc2)[C@H](O)[C@@H](O)[C@@H]1O. The standard InChI is InChI=1S/C21H23N3O5S/c25-12-17-18(26)19(27)20(28)21(30-17)29-16-11-22-8-6-14(16)10-13-2-4-15(5-3-13)24-9-1-7-23-24/h1-9,11,17-21,25-28H,10,12H2/t17-,18-,19+,20-,21-/m1/s1. The number of aliphatic hydroxyl groups excluding tert-OH is 4. The van der Waals surface area contributed by atoms with Crippen LogP contribution in [0.15, 0.2) is 61.2 Å². The van der Waals surface area contributed by atoms with E-state index in [1.807, 2.05) is 42.6 Å². The smallest absolute Gasteiger partial charge is 0.173 e. The third-order valence-corrected chi connectivity index (χ3v) is 6.48. The number of aromatic nitrogens is 3. The molecule has 0 radical (unpaired) electrons. The summed E-state index contributed by atoms with van der Waals surface area (Å²) in [6.07, 6.45) is 3.49. The summed E-state index contributed by atoms with van der Waals surface area (Å²) >= 11 is 1.09. The molecule has 3 aromatic rings. The molecule has 3 heterocycles. The van der Waals surface area contributed by atoms with E-state index in [0.717, 1.165) is 28.6 Å². The van der Waals surface area contributed by atoms with Gasteiger partial charge in [0.2, 0.25) is 0 Å². The molecule has 4 rings (SSSR count). The Hall–Kier alpha value is -2.43. The van der Waals surface area contributed by atoms with Gasteiger partial charge in [0.1, 0.15) is 18.0 Å². The van der Waals surface area contributed by atoms with Crippen molar-refractivity contribution in [2.24, 2.45) is 0 Å². The average Bonchev–Trinajstić information content (AvgIpc) is 3.31. The number of aliphatic hydroxyl groups is 4. The number of pyridine rings is 1. The van der Waals surface area contributed by atoms with Gasteiger partial charge in [-0.3, -0.25) is 4.98 Å². The molecule has 0 amide bonds. The lowest BCUT2D eigenvalue weighted by atomic mass is 10.0. The zero-order chi connectivity index (χ0) is 21.1. The van der Waals surface area contributed by atoms with Gasteiger partial charge in [-0.1, -0.05) is 12.1 Å². The highest BCUT2D eigenvalue weighted by Crippen LogP contribution is 2.35. The maximum absolute atomic E-state index is 10.3. The molecule has 2 aromatic heterocycles. The lowest BCUT2D eigenvalue weighted by Crippen LogP contribution is -2.55. The largest absolute Gasteiger partial charge is 0.475 e. The highest BCUT2D eigenvalue weighted by Gasteiger charge is 2.44. The predicted octanol–water partition coefficient (Wildman–Crippen LogP) is 0.753. The lowest BCUT2D eigenvalue weighted by Gasteiger charge is -2.39. The van der Waals surface area contributed by atoms with Crippen LogP contribution in [0.5, 0.6) is 5.75 Å². The lowest BCUT2D eigenvalue weighted by molar-refractivity contribution is -0.0910. The van der Waals surface area contributed by atoms with Crippen molar-refractivity contribution in [2.75, 3.05) is 6.61 Å². The van der Waals surface area contributed by atoms with Gasteiger partial charge in [0, 0.05) is 30.6 Å². The van der Waals surface area contributed by atoms with Gasteiger partial charge in [-0.2, -0.15) is 5.10 Å². The van der Waals surface area contributed by atoms with Crippen molar-refractivity contribution in [3.63, 3.8) is 0 Å². The average molecular weight is 429 g/mol. The van der Waals surface area contributed by atoms with Crippen molar-refractivity contribution in [1.82, 2.24) is 14.8 Å². The normalized spacial score (nSPS) is 26.5. The second-order valence-corrected chi connectivity index (χ2v) is 8.43. The minimum absolute atomic E-state index is 0.335. The number of rotatable bonds is 6. The molecule has 1 aliphatic rings. The summed E-state index contributed by atoms with van der Waals surface area (Å²) < 4.78 is 7.74. The number of nitrogens with zero attached hydrogens (tertiary/aromatic N) is 3. The topological polar surface area (TPSA) is 121 Å². The van der Waals surface area contributed by atoms with Crippen LogP contribution in [0.1, 0.15) is 11.1 Å².